The van der Waals surface area contributed by atoms with Gasteiger partial charge >= 0.3 is 36.3 Å². The molecule has 4 amide bonds. The quantitative estimate of drug-likeness (QED) is 0.227. The number of nitrogens with zero attached hydrogens (tertiary/aromatic N) is 4. The molecule has 1 N–H and O–H groups in total. The van der Waals surface area contributed by atoms with E-state index in [9.17, 15) is 33.9 Å². The summed E-state index contributed by atoms with van der Waals surface area (Å²) in [6.45, 7) is 19.6. The minimum absolute atomic E-state index is 0.116. The van der Waals surface area contributed by atoms with Crippen LogP contribution in [-0.2, 0) is 23.7 Å². The predicted octanol–water partition coefficient (Wildman–Crippen LogP) is 8.53. The van der Waals surface area contributed by atoms with Crippen LogP contribution in [0.2, 0.25) is 0 Å². The number of anilines is 2. The molecule has 2 rings (SSSR count). The van der Waals surface area contributed by atoms with Crippen LogP contribution in [0.15, 0.2) is 33.5 Å². The van der Waals surface area contributed by atoms with E-state index in [1.54, 1.807) is 83.1 Å². The van der Waals surface area contributed by atoms with Crippen molar-refractivity contribution < 1.29 is 57.6 Å². The standard InChI is InChI=1S/C17H23BrN2O6.C16H21BrN2O6/c1-16(2,3)25-14(22)20(15(23)26-17(4,5)6)11-8-10(18)9-19-12(11)13(21)24-7;1-15(2,3)24-13(22)19(14(23)25-16(4,5)6)10-7-9(17)8-18-11(10)12(20)21/h8-9H,1-7H3;7-8H,1-6H3,(H,20,21). The number of carbonyl (C=O) groups is 6. The Labute approximate surface area is 313 Å². The first-order chi connectivity index (χ1) is 23.0. The molecule has 0 fully saturated rings. The molecule has 0 atom stereocenters. The summed E-state index contributed by atoms with van der Waals surface area (Å²) in [5.41, 5.74) is -4.64. The molecule has 18 heteroatoms. The highest BCUT2D eigenvalue weighted by atomic mass is 79.9. The summed E-state index contributed by atoms with van der Waals surface area (Å²) >= 11 is 6.36. The van der Waals surface area contributed by atoms with Gasteiger partial charge in [0, 0.05) is 21.3 Å². The number of ether oxygens (including phenoxy) is 5. The Morgan fingerprint density at radius 1 is 0.569 bits per heavy atom. The number of methoxy groups -OCH3 is 1. The number of amides is 4. The number of carbonyl (C=O) groups excluding carboxylic acids is 5. The molecule has 51 heavy (non-hydrogen) atoms. The predicted molar refractivity (Wildman–Crippen MR) is 192 cm³/mol. The second-order valence-corrected chi connectivity index (χ2v) is 16.3. The lowest BCUT2D eigenvalue weighted by atomic mass is 10.2. The molecular weight excluding hydrogens is 804 g/mol. The zero-order valence-electron chi connectivity index (χ0n) is 30.8. The Morgan fingerprint density at radius 3 is 1.10 bits per heavy atom. The van der Waals surface area contributed by atoms with Crippen LogP contribution in [0.25, 0.3) is 0 Å². The summed E-state index contributed by atoms with van der Waals surface area (Å²) in [5.74, 6) is -2.22. The number of hydrogen-bond acceptors (Lipinski definition) is 13. The van der Waals surface area contributed by atoms with E-state index in [4.69, 9.17) is 18.9 Å². The van der Waals surface area contributed by atoms with E-state index >= 15 is 0 Å². The Morgan fingerprint density at radius 2 is 0.843 bits per heavy atom. The second-order valence-electron chi connectivity index (χ2n) is 14.4. The highest BCUT2D eigenvalue weighted by molar-refractivity contribution is 9.10. The van der Waals surface area contributed by atoms with Crippen molar-refractivity contribution in [3.63, 3.8) is 0 Å². The van der Waals surface area contributed by atoms with Gasteiger partial charge in [0.05, 0.1) is 18.5 Å². The van der Waals surface area contributed by atoms with E-state index in [2.05, 4.69) is 46.6 Å². The lowest BCUT2D eigenvalue weighted by molar-refractivity contribution is 0.0406. The van der Waals surface area contributed by atoms with Gasteiger partial charge in [-0.3, -0.25) is 0 Å². The highest BCUT2D eigenvalue weighted by Crippen LogP contribution is 2.29. The fourth-order valence-electron chi connectivity index (χ4n) is 3.39. The fourth-order valence-corrected chi connectivity index (χ4v) is 4.03. The van der Waals surface area contributed by atoms with Gasteiger partial charge in [0.1, 0.15) is 22.4 Å². The van der Waals surface area contributed by atoms with Crippen molar-refractivity contribution >= 4 is 79.5 Å². The first kappa shape index (κ1) is 44.7. The van der Waals surface area contributed by atoms with Gasteiger partial charge in [-0.15, -0.1) is 0 Å². The number of carboxylic acid groups (broad SMARTS) is 1. The molecule has 2 heterocycles. The molecule has 16 nitrogen and oxygen atoms in total. The molecule has 0 radical (unpaired) electrons. The minimum atomic E-state index is -1.40. The third-order valence-corrected chi connectivity index (χ3v) is 5.90. The van der Waals surface area contributed by atoms with Crippen molar-refractivity contribution in [2.24, 2.45) is 0 Å². The molecule has 282 valence electrons. The number of imide groups is 2. The van der Waals surface area contributed by atoms with Crippen LogP contribution < -0.4 is 9.80 Å². The number of esters is 1. The first-order valence-electron chi connectivity index (χ1n) is 15.1. The van der Waals surface area contributed by atoms with Gasteiger partial charge in [-0.05, 0) is 127 Å². The summed E-state index contributed by atoms with van der Waals surface area (Å²) in [6, 6.07) is 2.66. The largest absolute Gasteiger partial charge is 0.476 e. The van der Waals surface area contributed by atoms with Crippen molar-refractivity contribution in [2.45, 2.75) is 105 Å². The van der Waals surface area contributed by atoms with E-state index in [0.717, 1.165) is 0 Å². The number of rotatable bonds is 4. The van der Waals surface area contributed by atoms with Crippen LogP contribution in [0.4, 0.5) is 30.6 Å². The van der Waals surface area contributed by atoms with Gasteiger partial charge in [-0.2, -0.15) is 9.80 Å². The molecule has 0 aliphatic rings. The normalized spacial score (nSPS) is 11.6. The maximum atomic E-state index is 12.7. The number of aromatic carboxylic acids is 1. The third kappa shape index (κ3) is 15.2. The summed E-state index contributed by atoms with van der Waals surface area (Å²) in [5, 5.41) is 9.33. The number of hydrogen-bond donors (Lipinski definition) is 1. The number of carboxylic acids is 1. The van der Waals surface area contributed by atoms with E-state index < -0.39 is 64.4 Å². The van der Waals surface area contributed by atoms with Crippen molar-refractivity contribution in [3.05, 3.63) is 44.9 Å². The van der Waals surface area contributed by atoms with Crippen molar-refractivity contribution in [1.29, 1.82) is 0 Å². The van der Waals surface area contributed by atoms with Crippen molar-refractivity contribution in [1.82, 2.24) is 9.97 Å². The van der Waals surface area contributed by atoms with Crippen LogP contribution in [-0.4, -0.2) is 80.9 Å². The maximum absolute atomic E-state index is 12.7. The van der Waals surface area contributed by atoms with E-state index in [0.29, 0.717) is 18.7 Å². The molecule has 0 spiro atoms. The van der Waals surface area contributed by atoms with Crippen molar-refractivity contribution in [3.8, 4) is 0 Å². The number of pyridine rings is 2. The smallest absolute Gasteiger partial charge is 0.424 e. The molecule has 2 aromatic rings. The summed E-state index contributed by atoms with van der Waals surface area (Å²) in [4.78, 5) is 82.7. The third-order valence-electron chi connectivity index (χ3n) is 5.04. The molecule has 0 bridgehead atoms. The van der Waals surface area contributed by atoms with Gasteiger partial charge in [0.15, 0.2) is 11.4 Å². The second kappa shape index (κ2) is 17.3. The Balaban J connectivity index is 0.000000510. The van der Waals surface area contributed by atoms with Gasteiger partial charge in [-0.1, -0.05) is 0 Å². The zero-order valence-corrected chi connectivity index (χ0v) is 34.0. The van der Waals surface area contributed by atoms with Gasteiger partial charge in [0.2, 0.25) is 0 Å². The Bertz CT molecular complexity index is 1580. The van der Waals surface area contributed by atoms with Gasteiger partial charge < -0.3 is 28.8 Å². The topological polar surface area (TPSA) is 201 Å². The van der Waals surface area contributed by atoms with E-state index in [1.165, 1.54) is 31.6 Å². The van der Waals surface area contributed by atoms with Crippen LogP contribution in [0.5, 0.6) is 0 Å². The molecule has 0 aliphatic carbocycles. The molecule has 0 aliphatic heterocycles. The van der Waals surface area contributed by atoms with Crippen molar-refractivity contribution in [2.75, 3.05) is 16.9 Å². The lowest BCUT2D eigenvalue weighted by Crippen LogP contribution is -2.44. The van der Waals surface area contributed by atoms with E-state index in [1.807, 2.05) is 0 Å². The van der Waals surface area contributed by atoms with Crippen LogP contribution in [0, 0.1) is 0 Å². The molecule has 0 saturated heterocycles. The highest BCUT2D eigenvalue weighted by Gasteiger charge is 2.37. The summed E-state index contributed by atoms with van der Waals surface area (Å²) in [6.07, 6.45) is -1.55. The number of halogens is 2. The van der Waals surface area contributed by atoms with Crippen LogP contribution in [0.3, 0.4) is 0 Å². The zero-order chi connectivity index (χ0) is 39.9. The average Bonchev–Trinajstić information content (AvgIpc) is 2.89. The van der Waals surface area contributed by atoms with Crippen LogP contribution in [0.1, 0.15) is 104 Å². The van der Waals surface area contributed by atoms with Gasteiger partial charge in [0.25, 0.3) is 0 Å². The van der Waals surface area contributed by atoms with Crippen LogP contribution >= 0.6 is 31.9 Å². The summed E-state index contributed by atoms with van der Waals surface area (Å²) in [7, 11) is 1.17. The van der Waals surface area contributed by atoms with E-state index in [-0.39, 0.29) is 17.1 Å². The van der Waals surface area contributed by atoms with Gasteiger partial charge in [-0.25, -0.2) is 38.7 Å². The molecule has 0 aromatic carbocycles. The number of aromatic nitrogens is 2. The monoisotopic (exact) mass is 846 g/mol. The molecule has 2 aromatic heterocycles. The maximum Gasteiger partial charge on any atom is 0.424 e. The molecule has 0 saturated carbocycles. The molecule has 0 unspecified atom stereocenters. The minimum Gasteiger partial charge on any atom is -0.476 e. The average molecular weight is 849 g/mol. The molecular formula is C33H44Br2N4O12. The Kier molecular flexibility index (Phi) is 15.1. The SMILES string of the molecule is CC(C)(C)OC(=O)N(C(=O)OC(C)(C)C)c1cc(Br)cnc1C(=O)O.COC(=O)c1ncc(Br)cc1N(C(=O)OC(C)(C)C)C(=O)OC(C)(C)C. The first-order valence-corrected chi connectivity index (χ1v) is 16.7. The fraction of sp³-hybridized carbons (Fsp3) is 0.515. The lowest BCUT2D eigenvalue weighted by Gasteiger charge is -2.29. The summed E-state index contributed by atoms with van der Waals surface area (Å²) < 4.78 is 26.5. The Hall–Kier alpha value is -4.32.